The molecule has 4 N–H and O–H groups in total. The number of nitrogens with two attached hydrogens (primary N) is 1. The quantitative estimate of drug-likeness (QED) is 0.336. The largest absolute Gasteiger partial charge is 0.381 e. The lowest BCUT2D eigenvalue weighted by molar-refractivity contribution is 0.0963. The number of aromatic nitrogens is 1. The van der Waals surface area contributed by atoms with Gasteiger partial charge < -0.3 is 21.3 Å². The third-order valence-electron chi connectivity index (χ3n) is 7.14. The molecule has 0 radical (unpaired) electrons. The summed E-state index contributed by atoms with van der Waals surface area (Å²) in [5.41, 5.74) is 9.41. The maximum absolute atomic E-state index is 12.6. The number of rotatable bonds is 14. The molecule has 0 aliphatic carbocycles. The number of carbonyl (C=O) groups is 1. The van der Waals surface area contributed by atoms with E-state index in [4.69, 9.17) is 5.73 Å². The Morgan fingerprint density at radius 2 is 1.68 bits per heavy atom. The highest BCUT2D eigenvalue weighted by atomic mass is 16.1. The van der Waals surface area contributed by atoms with Gasteiger partial charge in [0.05, 0.1) is 16.8 Å². The van der Waals surface area contributed by atoms with Crippen LogP contribution in [0.1, 0.15) is 86.6 Å². The summed E-state index contributed by atoms with van der Waals surface area (Å²) < 4.78 is 0. The SMILES string of the molecule is CNC(=O)c1cnc2ccc(CCCCCCCCCCCN)cc2c1NC1CCN(C)CC1. The topological polar surface area (TPSA) is 83.3 Å². The average Bonchev–Trinajstić information content (AvgIpc) is 2.86. The molecule has 1 aromatic carbocycles. The van der Waals surface area contributed by atoms with Crippen molar-refractivity contribution < 1.29 is 4.79 Å². The first kappa shape index (κ1) is 26.4. The monoisotopic (exact) mass is 467 g/mol. The van der Waals surface area contributed by atoms with Gasteiger partial charge in [-0.3, -0.25) is 9.78 Å². The van der Waals surface area contributed by atoms with Gasteiger partial charge in [-0.1, -0.05) is 51.0 Å². The summed E-state index contributed by atoms with van der Waals surface area (Å²) in [7, 11) is 3.85. The molecule has 3 rings (SSSR count). The van der Waals surface area contributed by atoms with E-state index in [9.17, 15) is 4.79 Å². The normalized spacial score (nSPS) is 15.0. The molecule has 1 aromatic heterocycles. The van der Waals surface area contributed by atoms with Crippen molar-refractivity contribution in [1.82, 2.24) is 15.2 Å². The van der Waals surface area contributed by atoms with E-state index in [-0.39, 0.29) is 5.91 Å². The fourth-order valence-electron chi connectivity index (χ4n) is 4.93. The molecule has 34 heavy (non-hydrogen) atoms. The van der Waals surface area contributed by atoms with E-state index in [1.165, 1.54) is 63.4 Å². The zero-order valence-electron chi connectivity index (χ0n) is 21.4. The molecule has 1 saturated heterocycles. The van der Waals surface area contributed by atoms with Crippen LogP contribution in [0.25, 0.3) is 10.9 Å². The van der Waals surface area contributed by atoms with Gasteiger partial charge in [0.2, 0.25) is 0 Å². The number of hydrogen-bond donors (Lipinski definition) is 3. The summed E-state index contributed by atoms with van der Waals surface area (Å²) >= 11 is 0. The van der Waals surface area contributed by atoms with Gasteiger partial charge in [-0.05, 0) is 76.5 Å². The van der Waals surface area contributed by atoms with Crippen molar-refractivity contribution in [3.8, 4) is 0 Å². The van der Waals surface area contributed by atoms with E-state index < -0.39 is 0 Å². The van der Waals surface area contributed by atoms with Crippen LogP contribution in [0.2, 0.25) is 0 Å². The predicted octanol–water partition coefficient (Wildman–Crippen LogP) is 5.11. The van der Waals surface area contributed by atoms with Crippen LogP contribution in [0.4, 0.5) is 5.69 Å². The number of fused-ring (bicyclic) bond motifs is 1. The number of likely N-dealkylation sites (tertiary alicyclic amines) is 1. The maximum atomic E-state index is 12.6. The number of piperidine rings is 1. The lowest BCUT2D eigenvalue weighted by Gasteiger charge is -2.31. The van der Waals surface area contributed by atoms with E-state index in [0.717, 1.165) is 55.5 Å². The van der Waals surface area contributed by atoms with Gasteiger partial charge in [0.25, 0.3) is 5.91 Å². The van der Waals surface area contributed by atoms with Crippen LogP contribution in [-0.4, -0.2) is 55.6 Å². The number of nitrogens with zero attached hydrogens (tertiary/aromatic N) is 2. The maximum Gasteiger partial charge on any atom is 0.254 e. The van der Waals surface area contributed by atoms with Gasteiger partial charge in [-0.25, -0.2) is 0 Å². The van der Waals surface area contributed by atoms with Crippen molar-refractivity contribution in [3.05, 3.63) is 35.5 Å². The molecule has 0 saturated carbocycles. The van der Waals surface area contributed by atoms with Crippen LogP contribution in [0.5, 0.6) is 0 Å². The number of carbonyl (C=O) groups excluding carboxylic acids is 1. The van der Waals surface area contributed by atoms with Gasteiger partial charge >= 0.3 is 0 Å². The van der Waals surface area contributed by atoms with Crippen LogP contribution >= 0.6 is 0 Å². The van der Waals surface area contributed by atoms with Crippen LogP contribution < -0.4 is 16.4 Å². The molecule has 0 unspecified atom stereocenters. The molecule has 2 heterocycles. The Kier molecular flexibility index (Phi) is 11.1. The summed E-state index contributed by atoms with van der Waals surface area (Å²) in [6, 6.07) is 6.94. The van der Waals surface area contributed by atoms with Gasteiger partial charge in [-0.2, -0.15) is 0 Å². The second-order valence-corrected chi connectivity index (χ2v) is 9.92. The van der Waals surface area contributed by atoms with E-state index in [0.29, 0.717) is 11.6 Å². The number of pyridine rings is 1. The van der Waals surface area contributed by atoms with Gasteiger partial charge in [0.1, 0.15) is 0 Å². The third-order valence-corrected chi connectivity index (χ3v) is 7.14. The molecular weight excluding hydrogens is 422 g/mol. The lowest BCUT2D eigenvalue weighted by atomic mass is 9.99. The molecule has 1 aliphatic heterocycles. The predicted molar refractivity (Wildman–Crippen MR) is 144 cm³/mol. The molecule has 1 fully saturated rings. The van der Waals surface area contributed by atoms with Crippen molar-refractivity contribution in [1.29, 1.82) is 0 Å². The molecular formula is C28H45N5O. The molecule has 1 aliphatic rings. The molecule has 6 heteroatoms. The van der Waals surface area contributed by atoms with E-state index in [2.05, 4.69) is 45.8 Å². The smallest absolute Gasteiger partial charge is 0.254 e. The first-order chi connectivity index (χ1) is 16.6. The van der Waals surface area contributed by atoms with E-state index in [1.54, 1.807) is 13.2 Å². The van der Waals surface area contributed by atoms with Crippen LogP contribution in [-0.2, 0) is 6.42 Å². The minimum absolute atomic E-state index is 0.0849. The summed E-state index contributed by atoms with van der Waals surface area (Å²) in [5, 5.41) is 7.58. The highest BCUT2D eigenvalue weighted by molar-refractivity contribution is 6.07. The van der Waals surface area contributed by atoms with Crippen molar-refractivity contribution in [2.75, 3.05) is 39.0 Å². The molecule has 6 nitrogen and oxygen atoms in total. The Bertz CT molecular complexity index is 892. The zero-order valence-corrected chi connectivity index (χ0v) is 21.4. The first-order valence-corrected chi connectivity index (χ1v) is 13.4. The van der Waals surface area contributed by atoms with E-state index >= 15 is 0 Å². The fourth-order valence-corrected chi connectivity index (χ4v) is 4.93. The number of benzene rings is 1. The molecule has 188 valence electrons. The van der Waals surface area contributed by atoms with Crippen molar-refractivity contribution in [2.45, 2.75) is 83.1 Å². The lowest BCUT2D eigenvalue weighted by Crippen LogP contribution is -2.37. The minimum Gasteiger partial charge on any atom is -0.381 e. The van der Waals surface area contributed by atoms with Crippen molar-refractivity contribution in [3.63, 3.8) is 0 Å². The molecule has 0 bridgehead atoms. The number of amides is 1. The standard InChI is InChI=1S/C28H45N5O/c1-30-28(34)25-21-31-26-14-13-22(12-10-8-6-4-3-5-7-9-11-17-29)20-24(26)27(25)32-23-15-18-33(2)19-16-23/h13-14,20-21,23H,3-12,15-19,29H2,1-2H3,(H,30,34)(H,31,32). The Balaban J connectivity index is 1.60. The van der Waals surface area contributed by atoms with Crippen LogP contribution in [0.3, 0.4) is 0 Å². The molecule has 0 atom stereocenters. The van der Waals surface area contributed by atoms with Crippen molar-refractivity contribution >= 4 is 22.5 Å². The number of nitrogens with one attached hydrogen (secondary N) is 2. The Morgan fingerprint density at radius 1 is 1.03 bits per heavy atom. The fraction of sp³-hybridized carbons (Fsp3) is 0.643. The molecule has 0 spiro atoms. The summed E-state index contributed by atoms with van der Waals surface area (Å²) in [5.74, 6) is -0.0849. The Morgan fingerprint density at radius 3 is 2.32 bits per heavy atom. The summed E-state index contributed by atoms with van der Waals surface area (Å²) in [6.45, 7) is 2.98. The minimum atomic E-state index is -0.0849. The summed E-state index contributed by atoms with van der Waals surface area (Å²) in [6.07, 6.45) is 16.6. The number of hydrogen-bond acceptors (Lipinski definition) is 5. The highest BCUT2D eigenvalue weighted by Crippen LogP contribution is 2.30. The van der Waals surface area contributed by atoms with Gasteiger partial charge in [0, 0.05) is 24.7 Å². The Hall–Kier alpha value is -2.18. The summed E-state index contributed by atoms with van der Waals surface area (Å²) in [4.78, 5) is 19.6. The second-order valence-electron chi connectivity index (χ2n) is 9.92. The van der Waals surface area contributed by atoms with Gasteiger partial charge in [0.15, 0.2) is 0 Å². The van der Waals surface area contributed by atoms with Crippen LogP contribution in [0.15, 0.2) is 24.4 Å². The first-order valence-electron chi connectivity index (χ1n) is 13.4. The third kappa shape index (κ3) is 7.95. The Labute approximate surface area is 206 Å². The highest BCUT2D eigenvalue weighted by Gasteiger charge is 2.21. The molecule has 2 aromatic rings. The number of unbranched alkanes of at least 4 members (excludes halogenated alkanes) is 8. The number of aryl methyl sites for hydroxylation is 1. The average molecular weight is 468 g/mol. The second kappa shape index (κ2) is 14.3. The van der Waals surface area contributed by atoms with Crippen LogP contribution in [0, 0.1) is 0 Å². The molecule has 1 amide bonds. The van der Waals surface area contributed by atoms with Gasteiger partial charge in [-0.15, -0.1) is 0 Å². The van der Waals surface area contributed by atoms with E-state index in [1.807, 2.05) is 0 Å². The zero-order chi connectivity index (χ0) is 24.2. The van der Waals surface area contributed by atoms with Crippen molar-refractivity contribution in [2.24, 2.45) is 5.73 Å². The number of anilines is 1.